The first kappa shape index (κ1) is 13.2. The number of hydrogen-bond acceptors (Lipinski definition) is 5. The number of aromatic nitrogens is 4. The lowest BCUT2D eigenvalue weighted by Crippen LogP contribution is -2.20. The molecule has 18 heavy (non-hydrogen) atoms. The van der Waals surface area contributed by atoms with Crippen LogP contribution in [0, 0.1) is 0 Å². The van der Waals surface area contributed by atoms with Crippen LogP contribution in [-0.2, 0) is 13.0 Å². The summed E-state index contributed by atoms with van der Waals surface area (Å²) >= 11 is 1.73. The topological polar surface area (TPSA) is 55.6 Å². The maximum atomic E-state index is 4.09. The van der Waals surface area contributed by atoms with Crippen molar-refractivity contribution in [1.29, 1.82) is 0 Å². The van der Waals surface area contributed by atoms with Gasteiger partial charge in [0.2, 0.25) is 0 Å². The first-order chi connectivity index (χ1) is 8.81. The molecule has 0 aliphatic rings. The van der Waals surface area contributed by atoms with Crippen LogP contribution in [0.3, 0.4) is 0 Å². The van der Waals surface area contributed by atoms with Gasteiger partial charge >= 0.3 is 0 Å². The van der Waals surface area contributed by atoms with Crippen molar-refractivity contribution < 1.29 is 0 Å². The molecule has 0 bridgehead atoms. The number of nitrogens with one attached hydrogen (secondary N) is 1. The number of thiophene rings is 1. The molecule has 1 N–H and O–H groups in total. The summed E-state index contributed by atoms with van der Waals surface area (Å²) in [6.45, 7) is 6.02. The maximum absolute atomic E-state index is 4.09. The largest absolute Gasteiger partial charge is 0.310 e. The van der Waals surface area contributed by atoms with Crippen LogP contribution in [0.4, 0.5) is 0 Å². The highest BCUT2D eigenvalue weighted by Crippen LogP contribution is 2.16. The Balaban J connectivity index is 1.97. The van der Waals surface area contributed by atoms with Gasteiger partial charge < -0.3 is 5.32 Å². The van der Waals surface area contributed by atoms with Gasteiger partial charge in [-0.05, 0) is 59.1 Å². The summed E-state index contributed by atoms with van der Waals surface area (Å²) in [6.07, 6.45) is 2.08. The van der Waals surface area contributed by atoms with Gasteiger partial charge in [-0.2, -0.15) is 11.3 Å². The van der Waals surface area contributed by atoms with Gasteiger partial charge in [0.05, 0.1) is 12.6 Å². The van der Waals surface area contributed by atoms with Crippen LogP contribution in [0.1, 0.15) is 37.7 Å². The first-order valence-corrected chi connectivity index (χ1v) is 7.24. The van der Waals surface area contributed by atoms with Crippen molar-refractivity contribution in [3.05, 3.63) is 28.2 Å². The van der Waals surface area contributed by atoms with Gasteiger partial charge in [0.25, 0.3) is 0 Å². The Hall–Kier alpha value is -1.27. The smallest absolute Gasteiger partial charge is 0.165 e. The van der Waals surface area contributed by atoms with Crippen LogP contribution in [-0.4, -0.2) is 26.8 Å². The molecule has 0 aromatic carbocycles. The zero-order valence-electron chi connectivity index (χ0n) is 10.8. The number of hydrogen-bond donors (Lipinski definition) is 1. The summed E-state index contributed by atoms with van der Waals surface area (Å²) in [5.74, 6) is 0.908. The van der Waals surface area contributed by atoms with Gasteiger partial charge in [0.15, 0.2) is 5.82 Å². The molecule has 0 aliphatic heterocycles. The van der Waals surface area contributed by atoms with Gasteiger partial charge in [-0.15, -0.1) is 5.10 Å². The second kappa shape index (κ2) is 6.61. The van der Waals surface area contributed by atoms with Crippen molar-refractivity contribution in [2.45, 2.75) is 39.3 Å². The summed E-state index contributed by atoms with van der Waals surface area (Å²) in [7, 11) is 0. The van der Waals surface area contributed by atoms with Gasteiger partial charge in [0, 0.05) is 0 Å². The van der Waals surface area contributed by atoms with E-state index in [2.05, 4.69) is 51.5 Å². The predicted molar refractivity (Wildman–Crippen MR) is 72.5 cm³/mol. The van der Waals surface area contributed by atoms with Crippen LogP contribution >= 0.6 is 11.3 Å². The zero-order chi connectivity index (χ0) is 12.8. The zero-order valence-corrected chi connectivity index (χ0v) is 11.7. The molecule has 0 fully saturated rings. The van der Waals surface area contributed by atoms with E-state index >= 15 is 0 Å². The van der Waals surface area contributed by atoms with Crippen molar-refractivity contribution in [2.24, 2.45) is 0 Å². The molecule has 2 aromatic heterocycles. The van der Waals surface area contributed by atoms with Gasteiger partial charge in [0.1, 0.15) is 0 Å². The van der Waals surface area contributed by atoms with E-state index in [-0.39, 0.29) is 6.04 Å². The van der Waals surface area contributed by atoms with Crippen molar-refractivity contribution >= 4 is 11.3 Å². The monoisotopic (exact) mass is 265 g/mol. The van der Waals surface area contributed by atoms with Crippen molar-refractivity contribution in [3.63, 3.8) is 0 Å². The van der Waals surface area contributed by atoms with E-state index in [1.165, 1.54) is 5.56 Å². The highest BCUT2D eigenvalue weighted by atomic mass is 32.1. The highest BCUT2D eigenvalue weighted by molar-refractivity contribution is 7.07. The fraction of sp³-hybridized carbons (Fsp3) is 0.583. The number of tetrazole rings is 1. The highest BCUT2D eigenvalue weighted by Gasteiger charge is 2.13. The minimum atomic E-state index is 0.285. The molecule has 5 nitrogen and oxygen atoms in total. The molecule has 0 saturated heterocycles. The standard InChI is InChI=1S/C12H19N5S/c1-3-5-13-8-12-14-15-16-17(12)10(2)7-11-4-6-18-9-11/h4,6,9-10,13H,3,5,7-8H2,1-2H3. The Morgan fingerprint density at radius 1 is 1.50 bits per heavy atom. The summed E-state index contributed by atoms with van der Waals surface area (Å²) in [5, 5.41) is 19.6. The van der Waals surface area contributed by atoms with Crippen LogP contribution in [0.5, 0.6) is 0 Å². The van der Waals surface area contributed by atoms with Gasteiger partial charge in [-0.25, -0.2) is 4.68 Å². The van der Waals surface area contributed by atoms with Crippen molar-refractivity contribution in [1.82, 2.24) is 25.5 Å². The fourth-order valence-electron chi connectivity index (χ4n) is 1.88. The fourth-order valence-corrected chi connectivity index (χ4v) is 2.57. The van der Waals surface area contributed by atoms with E-state index in [9.17, 15) is 0 Å². The minimum absolute atomic E-state index is 0.285. The van der Waals surface area contributed by atoms with Gasteiger partial charge in [-0.3, -0.25) is 0 Å². The lowest BCUT2D eigenvalue weighted by Gasteiger charge is -2.12. The second-order valence-corrected chi connectivity index (χ2v) is 5.18. The van der Waals surface area contributed by atoms with E-state index in [4.69, 9.17) is 0 Å². The summed E-state index contributed by atoms with van der Waals surface area (Å²) < 4.78 is 1.92. The van der Waals surface area contributed by atoms with E-state index in [0.717, 1.165) is 31.8 Å². The van der Waals surface area contributed by atoms with E-state index in [1.807, 2.05) is 4.68 Å². The summed E-state index contributed by atoms with van der Waals surface area (Å²) in [4.78, 5) is 0. The average molecular weight is 265 g/mol. The Bertz CT molecular complexity index is 451. The van der Waals surface area contributed by atoms with E-state index in [0.29, 0.717) is 0 Å². The van der Waals surface area contributed by atoms with Crippen molar-refractivity contribution in [2.75, 3.05) is 6.54 Å². The normalized spacial score (nSPS) is 12.8. The molecule has 98 valence electrons. The van der Waals surface area contributed by atoms with E-state index in [1.54, 1.807) is 11.3 Å². The molecule has 2 aromatic rings. The van der Waals surface area contributed by atoms with Crippen LogP contribution in [0.25, 0.3) is 0 Å². The van der Waals surface area contributed by atoms with E-state index < -0.39 is 0 Å². The Kier molecular flexibility index (Phi) is 4.83. The molecular formula is C12H19N5S. The molecule has 0 radical (unpaired) electrons. The Labute approximate surface area is 111 Å². The molecule has 0 amide bonds. The molecule has 2 rings (SSSR count). The summed E-state index contributed by atoms with van der Waals surface area (Å²) in [5.41, 5.74) is 1.34. The molecule has 6 heteroatoms. The predicted octanol–water partition coefficient (Wildman–Crippen LogP) is 2.04. The molecule has 1 atom stereocenters. The molecule has 2 heterocycles. The number of rotatable bonds is 7. The van der Waals surface area contributed by atoms with Crippen molar-refractivity contribution in [3.8, 4) is 0 Å². The Morgan fingerprint density at radius 3 is 3.11 bits per heavy atom. The van der Waals surface area contributed by atoms with Crippen LogP contribution in [0.2, 0.25) is 0 Å². The van der Waals surface area contributed by atoms with Gasteiger partial charge in [-0.1, -0.05) is 6.92 Å². The summed E-state index contributed by atoms with van der Waals surface area (Å²) in [6, 6.07) is 2.44. The van der Waals surface area contributed by atoms with Crippen LogP contribution in [0.15, 0.2) is 16.8 Å². The maximum Gasteiger partial charge on any atom is 0.165 e. The third-order valence-corrected chi connectivity index (χ3v) is 3.53. The number of nitrogens with zero attached hydrogens (tertiary/aromatic N) is 4. The molecule has 0 saturated carbocycles. The molecule has 1 unspecified atom stereocenters. The quantitative estimate of drug-likeness (QED) is 0.778. The average Bonchev–Trinajstić information content (AvgIpc) is 3.00. The molecule has 0 spiro atoms. The molecule has 0 aliphatic carbocycles. The minimum Gasteiger partial charge on any atom is -0.310 e. The Morgan fingerprint density at radius 2 is 2.39 bits per heavy atom. The van der Waals surface area contributed by atoms with Crippen LogP contribution < -0.4 is 5.32 Å². The third kappa shape index (κ3) is 3.36. The SMILES string of the molecule is CCCNCc1nnnn1C(C)Cc1ccsc1. The second-order valence-electron chi connectivity index (χ2n) is 4.40. The lowest BCUT2D eigenvalue weighted by molar-refractivity contribution is 0.449. The molecular weight excluding hydrogens is 246 g/mol. The third-order valence-electron chi connectivity index (χ3n) is 2.80. The first-order valence-electron chi connectivity index (χ1n) is 6.29. The lowest BCUT2D eigenvalue weighted by atomic mass is 10.1.